The van der Waals surface area contributed by atoms with Crippen LogP contribution in [0.25, 0.3) is 0 Å². The van der Waals surface area contributed by atoms with Gasteiger partial charge in [-0.3, -0.25) is 10.2 Å². The smallest absolute Gasteiger partial charge is 0.217 e. The number of hydrazone groups is 1. The minimum absolute atomic E-state index is 0.0255. The van der Waals surface area contributed by atoms with Crippen LogP contribution in [-0.2, 0) is 4.79 Å². The lowest BCUT2D eigenvalue weighted by Crippen LogP contribution is -2.25. The topological polar surface area (TPSA) is 65.2 Å². The van der Waals surface area contributed by atoms with Crippen LogP contribution in [0.4, 0.5) is 0 Å². The number of hydrogen-bond acceptors (Lipinski definition) is 4. The van der Waals surface area contributed by atoms with Crippen molar-refractivity contribution in [3.63, 3.8) is 0 Å². The predicted octanol–water partition coefficient (Wildman–Crippen LogP) is -0.573. The zero-order valence-electron chi connectivity index (χ0n) is 4.88. The number of hydrogen-bond donors (Lipinski definition) is 1. The fourth-order valence-electron chi connectivity index (χ4n) is 0.560. The first-order valence-corrected chi connectivity index (χ1v) is 2.53. The van der Waals surface area contributed by atoms with Gasteiger partial charge in [0.2, 0.25) is 11.5 Å². The third-order valence-electron chi connectivity index (χ3n) is 1.10. The normalized spacial score (nSPS) is 24.7. The molecule has 0 saturated heterocycles. The van der Waals surface area contributed by atoms with E-state index in [0.717, 1.165) is 0 Å². The van der Waals surface area contributed by atoms with Crippen LogP contribution >= 0.6 is 0 Å². The summed E-state index contributed by atoms with van der Waals surface area (Å²) in [5.41, 5.74) is 2.46. The lowest BCUT2D eigenvalue weighted by molar-refractivity contribution is -0.113. The van der Waals surface area contributed by atoms with Gasteiger partial charge in [0.05, 0.1) is 0 Å². The summed E-state index contributed by atoms with van der Waals surface area (Å²) < 4.78 is 0. The molecule has 1 N–H and O–H groups in total. The van der Waals surface area contributed by atoms with Gasteiger partial charge in [-0.2, -0.15) is 10.4 Å². The SMILES string of the molecule is CC1NN=C(C#N)C1=O. The molecule has 0 aromatic rings. The molecule has 1 heterocycles. The van der Waals surface area contributed by atoms with Crippen LogP contribution in [0.3, 0.4) is 0 Å². The van der Waals surface area contributed by atoms with E-state index >= 15 is 0 Å². The largest absolute Gasteiger partial charge is 0.298 e. The van der Waals surface area contributed by atoms with Crippen LogP contribution in [0, 0.1) is 11.3 Å². The maximum Gasteiger partial charge on any atom is 0.217 e. The van der Waals surface area contributed by atoms with Crippen molar-refractivity contribution in [2.75, 3.05) is 0 Å². The van der Waals surface area contributed by atoms with Crippen LogP contribution < -0.4 is 5.43 Å². The molecular formula is C5H5N3O. The van der Waals surface area contributed by atoms with E-state index in [9.17, 15) is 4.79 Å². The molecule has 9 heavy (non-hydrogen) atoms. The third-order valence-corrected chi connectivity index (χ3v) is 1.10. The van der Waals surface area contributed by atoms with E-state index in [1.165, 1.54) is 0 Å². The zero-order valence-corrected chi connectivity index (χ0v) is 4.88. The molecule has 46 valence electrons. The van der Waals surface area contributed by atoms with E-state index in [0.29, 0.717) is 0 Å². The van der Waals surface area contributed by atoms with Crippen molar-refractivity contribution in [1.82, 2.24) is 5.43 Å². The van der Waals surface area contributed by atoms with Crippen molar-refractivity contribution >= 4 is 11.5 Å². The van der Waals surface area contributed by atoms with Crippen molar-refractivity contribution in [2.45, 2.75) is 13.0 Å². The molecule has 1 rings (SSSR count). The summed E-state index contributed by atoms with van der Waals surface area (Å²) in [6, 6.07) is 1.36. The number of carbonyl (C=O) groups is 1. The Balaban J connectivity index is 2.82. The van der Waals surface area contributed by atoms with E-state index < -0.39 is 0 Å². The van der Waals surface area contributed by atoms with Crippen LogP contribution in [0.2, 0.25) is 0 Å². The van der Waals surface area contributed by atoms with Gasteiger partial charge in [-0.05, 0) is 6.92 Å². The van der Waals surface area contributed by atoms with Gasteiger partial charge < -0.3 is 0 Å². The van der Waals surface area contributed by atoms with E-state index in [1.54, 1.807) is 13.0 Å². The molecule has 0 spiro atoms. The number of ketones is 1. The summed E-state index contributed by atoms with van der Waals surface area (Å²) in [7, 11) is 0. The van der Waals surface area contributed by atoms with E-state index in [2.05, 4.69) is 10.5 Å². The molecule has 0 amide bonds. The Hall–Kier alpha value is -1.37. The van der Waals surface area contributed by atoms with Crippen molar-refractivity contribution in [2.24, 2.45) is 5.10 Å². The molecule has 0 bridgehead atoms. The summed E-state index contributed by atoms with van der Waals surface area (Å²) in [5, 5.41) is 11.7. The van der Waals surface area contributed by atoms with Gasteiger partial charge in [-0.15, -0.1) is 0 Å². The summed E-state index contributed by atoms with van der Waals surface area (Å²) in [6.45, 7) is 1.66. The quantitative estimate of drug-likeness (QED) is 0.469. The number of Topliss-reactive ketones (excluding diaryl/α,β-unsaturated/α-hetero) is 1. The molecule has 1 atom stereocenters. The predicted molar refractivity (Wildman–Crippen MR) is 30.7 cm³/mol. The molecule has 0 aliphatic carbocycles. The number of nitriles is 1. The fraction of sp³-hybridized carbons (Fsp3) is 0.400. The number of nitrogens with zero attached hydrogens (tertiary/aromatic N) is 2. The Labute approximate surface area is 52.2 Å². The summed E-state index contributed by atoms with van der Waals surface area (Å²) >= 11 is 0. The van der Waals surface area contributed by atoms with Gasteiger partial charge in [-0.1, -0.05) is 0 Å². The second-order valence-corrected chi connectivity index (χ2v) is 1.79. The molecule has 1 aliphatic rings. The first-order chi connectivity index (χ1) is 4.25. The minimum atomic E-state index is -0.320. The van der Waals surface area contributed by atoms with Gasteiger partial charge in [0.25, 0.3) is 0 Å². The standard InChI is InChI=1S/C5H5N3O/c1-3-5(9)4(2-6)8-7-3/h3,7H,1H3. The molecular weight excluding hydrogens is 118 g/mol. The highest BCUT2D eigenvalue weighted by molar-refractivity contribution is 6.48. The van der Waals surface area contributed by atoms with Gasteiger partial charge in [-0.25, -0.2) is 0 Å². The molecule has 1 aliphatic heterocycles. The van der Waals surface area contributed by atoms with Crippen LogP contribution in [0.1, 0.15) is 6.92 Å². The second-order valence-electron chi connectivity index (χ2n) is 1.79. The van der Waals surface area contributed by atoms with Crippen molar-refractivity contribution in [3.05, 3.63) is 0 Å². The van der Waals surface area contributed by atoms with Gasteiger partial charge in [0, 0.05) is 0 Å². The van der Waals surface area contributed by atoms with E-state index in [4.69, 9.17) is 5.26 Å². The monoisotopic (exact) mass is 123 g/mol. The molecule has 1 unspecified atom stereocenters. The van der Waals surface area contributed by atoms with E-state index in [-0.39, 0.29) is 17.5 Å². The van der Waals surface area contributed by atoms with E-state index in [1.807, 2.05) is 0 Å². The minimum Gasteiger partial charge on any atom is -0.298 e. The Bertz CT molecular complexity index is 213. The number of rotatable bonds is 0. The summed E-state index contributed by atoms with van der Waals surface area (Å²) in [4.78, 5) is 10.7. The highest BCUT2D eigenvalue weighted by Gasteiger charge is 2.24. The van der Waals surface area contributed by atoms with Gasteiger partial charge >= 0.3 is 0 Å². The highest BCUT2D eigenvalue weighted by atomic mass is 16.1. The van der Waals surface area contributed by atoms with Crippen molar-refractivity contribution in [3.8, 4) is 6.07 Å². The lowest BCUT2D eigenvalue weighted by Gasteiger charge is -1.94. The van der Waals surface area contributed by atoms with Crippen molar-refractivity contribution in [1.29, 1.82) is 5.26 Å². The third kappa shape index (κ3) is 0.765. The maximum absolute atomic E-state index is 10.7. The number of carbonyl (C=O) groups excluding carboxylic acids is 1. The lowest BCUT2D eigenvalue weighted by atomic mass is 10.2. The highest BCUT2D eigenvalue weighted by Crippen LogP contribution is 1.95. The first kappa shape index (κ1) is 5.76. The maximum atomic E-state index is 10.7. The average Bonchev–Trinajstić information content (AvgIpc) is 2.15. The second kappa shape index (κ2) is 1.86. The molecule has 0 fully saturated rings. The Kier molecular flexibility index (Phi) is 1.19. The Morgan fingerprint density at radius 1 is 1.89 bits per heavy atom. The first-order valence-electron chi connectivity index (χ1n) is 2.53. The molecule has 0 aromatic carbocycles. The molecule has 0 aromatic heterocycles. The Morgan fingerprint density at radius 2 is 2.56 bits per heavy atom. The zero-order chi connectivity index (χ0) is 6.85. The molecule has 0 radical (unpaired) electrons. The van der Waals surface area contributed by atoms with Crippen LogP contribution in [0.15, 0.2) is 5.10 Å². The molecule has 0 saturated carbocycles. The van der Waals surface area contributed by atoms with Crippen molar-refractivity contribution < 1.29 is 4.79 Å². The van der Waals surface area contributed by atoms with Gasteiger partial charge in [0.15, 0.2) is 0 Å². The molecule has 4 heteroatoms. The summed E-state index contributed by atoms with van der Waals surface area (Å²) in [6.07, 6.45) is 0. The number of nitrogens with one attached hydrogen (secondary N) is 1. The Morgan fingerprint density at radius 3 is 2.78 bits per heavy atom. The molecule has 4 nitrogen and oxygen atoms in total. The fourth-order valence-corrected chi connectivity index (χ4v) is 0.560. The average molecular weight is 123 g/mol. The van der Waals surface area contributed by atoms with Gasteiger partial charge in [0.1, 0.15) is 12.1 Å². The van der Waals surface area contributed by atoms with Crippen LogP contribution in [-0.4, -0.2) is 17.5 Å². The van der Waals surface area contributed by atoms with Crippen LogP contribution in [0.5, 0.6) is 0 Å². The summed E-state index contributed by atoms with van der Waals surface area (Å²) in [5.74, 6) is -0.225.